The van der Waals surface area contributed by atoms with Gasteiger partial charge in [0.05, 0.1) is 0 Å². The lowest BCUT2D eigenvalue weighted by Crippen LogP contribution is -2.38. The van der Waals surface area contributed by atoms with Crippen molar-refractivity contribution in [2.75, 3.05) is 14.2 Å². The van der Waals surface area contributed by atoms with Gasteiger partial charge in [-0.3, -0.25) is 0 Å². The largest absolute Gasteiger partial charge is 0.571 e. The Balaban J connectivity index is 0.000000163. The van der Waals surface area contributed by atoms with Crippen molar-refractivity contribution >= 4 is 152 Å². The number of hydrogen-bond donors (Lipinski definition) is 2. The van der Waals surface area contributed by atoms with Gasteiger partial charge >= 0.3 is 19.8 Å². The van der Waals surface area contributed by atoms with Gasteiger partial charge in [0.2, 0.25) is 0 Å². The molecule has 1 heterocycles. The Morgan fingerprint density at radius 2 is 0.703 bits per heavy atom. The number of rotatable bonds is 5. The average Bonchev–Trinajstić information content (AvgIpc) is 3.43. The van der Waals surface area contributed by atoms with E-state index in [1.807, 2.05) is 30.3 Å². The summed E-state index contributed by atoms with van der Waals surface area (Å²) < 4.78 is 14.5. The van der Waals surface area contributed by atoms with Crippen molar-refractivity contribution in [2.24, 2.45) is 0 Å². The molecule has 64 heavy (non-hydrogen) atoms. The van der Waals surface area contributed by atoms with Crippen LogP contribution in [0, 0.1) is 7.14 Å². The lowest BCUT2D eigenvalue weighted by atomic mass is 9.60. The summed E-state index contributed by atoms with van der Waals surface area (Å²) in [5, 5.41) is 17.5. The Morgan fingerprint density at radius 1 is 0.422 bits per heavy atom. The first-order valence-corrected chi connectivity index (χ1v) is 25.1. The van der Waals surface area contributed by atoms with Crippen LogP contribution >= 0.6 is 116 Å². The van der Waals surface area contributed by atoms with E-state index >= 15 is 0 Å². The molecule has 0 aromatic heterocycles. The van der Waals surface area contributed by atoms with Crippen molar-refractivity contribution < 1.29 is 19.4 Å². The molecule has 0 unspecified atom stereocenters. The van der Waals surface area contributed by atoms with Crippen molar-refractivity contribution in [3.05, 3.63) is 215 Å². The number of fused-ring (bicyclic) bond motifs is 5. The van der Waals surface area contributed by atoms with Crippen LogP contribution in [0.2, 0.25) is 0 Å². The fraction of sp³-hybridized carbons (Fsp3) is 0.0400. The highest BCUT2D eigenvalue weighted by Gasteiger charge is 2.28. The molecule has 1 aliphatic rings. The third kappa shape index (κ3) is 14.6. The molecule has 0 radical (unpaired) electrons. The Bertz CT molecular complexity index is 2580. The quantitative estimate of drug-likeness (QED) is 0.133. The van der Waals surface area contributed by atoms with Crippen LogP contribution in [0.25, 0.3) is 44.5 Å². The molecule has 2 N–H and O–H groups in total. The second-order valence-electron chi connectivity index (χ2n) is 13.6. The van der Waals surface area contributed by atoms with Crippen molar-refractivity contribution in [3.63, 3.8) is 0 Å². The zero-order valence-corrected chi connectivity index (χ0v) is 45.1. The highest BCUT2D eigenvalue weighted by atomic mass is 127. The van der Waals surface area contributed by atoms with Gasteiger partial charge in [0.1, 0.15) is 0 Å². The SMILES string of the molecule is Brc1ccccc1-c1ccccc1-c1ccccc1Br.COB(Cl)OC.ClB1c2ccccc2-c2ccccc2-c2ccccc21.Ic1ccccc1I.OB(O)c1ccccc1Br. The Labute approximate surface area is 440 Å². The van der Waals surface area contributed by atoms with Crippen LogP contribution < -0.4 is 16.4 Å². The van der Waals surface area contributed by atoms with E-state index in [2.05, 4.69) is 248 Å². The molecule has 1 aliphatic heterocycles. The third-order valence-electron chi connectivity index (χ3n) is 9.61. The van der Waals surface area contributed by atoms with Gasteiger partial charge in [0, 0.05) is 34.8 Å². The smallest absolute Gasteiger partial charge is 0.423 e. The lowest BCUT2D eigenvalue weighted by molar-refractivity contribution is 0.299. The first-order chi connectivity index (χ1) is 31.0. The van der Waals surface area contributed by atoms with E-state index in [1.165, 1.54) is 76.8 Å². The van der Waals surface area contributed by atoms with Gasteiger partial charge in [-0.2, -0.15) is 11.5 Å². The molecule has 0 fully saturated rings. The van der Waals surface area contributed by atoms with E-state index in [-0.39, 0.29) is 6.13 Å². The summed E-state index contributed by atoms with van der Waals surface area (Å²) in [7, 11) is 1.55. The first-order valence-electron chi connectivity index (χ1n) is 19.7. The number of halogens is 7. The third-order valence-corrected chi connectivity index (χ3v) is 15.5. The zero-order chi connectivity index (χ0) is 46.0. The summed E-state index contributed by atoms with van der Waals surface area (Å²) in [5.74, 6) is 0. The van der Waals surface area contributed by atoms with E-state index in [4.69, 9.17) is 33.0 Å². The molecule has 322 valence electrons. The van der Waals surface area contributed by atoms with Crippen molar-refractivity contribution in [2.45, 2.75) is 0 Å². The van der Waals surface area contributed by atoms with Gasteiger partial charge in [-0.15, -0.1) is 11.5 Å². The van der Waals surface area contributed by atoms with E-state index in [9.17, 15) is 0 Å². The van der Waals surface area contributed by atoms with Crippen LogP contribution in [0.15, 0.2) is 208 Å². The summed E-state index contributed by atoms with van der Waals surface area (Å²) in [6.45, 7) is -0.593. The van der Waals surface area contributed by atoms with Crippen LogP contribution in [0.5, 0.6) is 0 Å². The Morgan fingerprint density at radius 3 is 1.00 bits per heavy atom. The van der Waals surface area contributed by atoms with Crippen LogP contribution in [0.1, 0.15) is 0 Å². The second-order valence-corrected chi connectivity index (χ2v) is 19.3. The molecule has 4 nitrogen and oxygen atoms in total. The highest BCUT2D eigenvalue weighted by molar-refractivity contribution is 14.1. The van der Waals surface area contributed by atoms with Gasteiger partial charge in [-0.05, 0) is 136 Å². The number of benzene rings is 8. The molecule has 0 aliphatic carbocycles. The van der Waals surface area contributed by atoms with Crippen LogP contribution in [-0.2, 0) is 9.31 Å². The fourth-order valence-electron chi connectivity index (χ4n) is 6.58. The van der Waals surface area contributed by atoms with Gasteiger partial charge in [0.25, 0.3) is 0 Å². The monoisotopic (exact) mass is 1300 g/mol. The highest BCUT2D eigenvalue weighted by Crippen LogP contribution is 2.38. The summed E-state index contributed by atoms with van der Waals surface area (Å²) in [4.78, 5) is 0. The molecule has 14 heteroatoms. The first kappa shape index (κ1) is 52.2. The Hall–Kier alpha value is -2.73. The predicted molar refractivity (Wildman–Crippen MR) is 302 cm³/mol. The van der Waals surface area contributed by atoms with Gasteiger partial charge in [-0.25, -0.2) is 0 Å². The van der Waals surface area contributed by atoms with Crippen LogP contribution in [-0.4, -0.2) is 44.0 Å². The van der Waals surface area contributed by atoms with Gasteiger partial charge in [0.15, 0.2) is 0 Å². The van der Waals surface area contributed by atoms with Crippen molar-refractivity contribution in [1.29, 1.82) is 0 Å². The average molecular weight is 1300 g/mol. The predicted octanol–water partition coefficient (Wildman–Crippen LogP) is 13.8. The summed E-state index contributed by atoms with van der Waals surface area (Å²) in [6.07, 6.45) is -0.102. The Kier molecular flexibility index (Phi) is 22.2. The maximum Gasteiger partial charge on any atom is 0.571 e. The second kappa shape index (κ2) is 27.2. The topological polar surface area (TPSA) is 58.9 Å². The summed E-state index contributed by atoms with van der Waals surface area (Å²) in [5.41, 5.74) is 12.7. The molecule has 8 aromatic carbocycles. The maximum absolute atomic E-state index is 8.73. The maximum atomic E-state index is 8.73. The molecular weight excluding hydrogens is 1260 g/mol. The molecule has 9 rings (SSSR count). The summed E-state index contributed by atoms with van der Waals surface area (Å²) in [6, 6.07) is 65.8. The molecule has 0 amide bonds. The minimum absolute atomic E-state index is 0.102. The normalized spacial score (nSPS) is 10.5. The molecule has 0 bridgehead atoms. The molecular formula is C50H40B3Br3Cl2I2O4. The summed E-state index contributed by atoms with van der Waals surface area (Å²) >= 11 is 27.1. The van der Waals surface area contributed by atoms with E-state index < -0.39 is 13.7 Å². The van der Waals surface area contributed by atoms with Gasteiger partial charge in [-0.1, -0.05) is 212 Å². The minimum atomic E-state index is -1.39. The minimum Gasteiger partial charge on any atom is -0.423 e. The van der Waals surface area contributed by atoms with Crippen molar-refractivity contribution in [3.8, 4) is 44.5 Å². The van der Waals surface area contributed by atoms with E-state index in [0.717, 1.165) is 8.95 Å². The molecule has 0 saturated heterocycles. The zero-order valence-electron chi connectivity index (χ0n) is 34.6. The van der Waals surface area contributed by atoms with E-state index in [1.54, 1.807) is 18.2 Å². The van der Waals surface area contributed by atoms with Gasteiger partial charge < -0.3 is 19.4 Å². The van der Waals surface area contributed by atoms with Crippen LogP contribution in [0.4, 0.5) is 0 Å². The van der Waals surface area contributed by atoms with Crippen molar-refractivity contribution in [1.82, 2.24) is 0 Å². The molecule has 0 saturated carbocycles. The molecule has 8 aromatic rings. The van der Waals surface area contributed by atoms with E-state index in [0.29, 0.717) is 9.94 Å². The standard InChI is InChI=1S/C18H12BCl.C18H12Br2.C6H6BBrO2.C6H4I2.C2H6BClO2/c20-19-17-11-5-3-9-15(17)13-7-1-2-8-14(13)16-10-4-6-12-18(16)19;19-17-11-5-3-9-15(17)13-7-1-2-8-14(13)16-10-4-6-12-18(16)20;8-6-4-2-1-3-5(6)7(9)10;7-5-3-1-2-4-6(5)8;1-5-3(4)6-2/h2*1-12H;1-4,9-10H;1-4H;1-2H3. The van der Waals surface area contributed by atoms with Crippen LogP contribution in [0.3, 0.4) is 0 Å². The number of hydrogen-bond acceptors (Lipinski definition) is 4. The molecule has 0 spiro atoms. The fourth-order valence-corrected chi connectivity index (χ4v) is 9.22. The molecule has 0 atom stereocenters. The lowest BCUT2D eigenvalue weighted by Gasteiger charge is -2.12.